The lowest BCUT2D eigenvalue weighted by Crippen LogP contribution is -2.43. The number of likely N-dealkylation sites (N-methyl/N-ethyl adjacent to an activating group) is 1. The van der Waals surface area contributed by atoms with Crippen molar-refractivity contribution in [1.82, 2.24) is 4.90 Å². The zero-order valence-corrected chi connectivity index (χ0v) is 13.8. The van der Waals surface area contributed by atoms with Gasteiger partial charge in [-0.05, 0) is 37.0 Å². The lowest BCUT2D eigenvalue weighted by atomic mass is 9.94. The van der Waals surface area contributed by atoms with Gasteiger partial charge in [-0.25, -0.2) is 0 Å². The fourth-order valence-electron chi connectivity index (χ4n) is 3.37. The van der Waals surface area contributed by atoms with Gasteiger partial charge in [0.1, 0.15) is 5.75 Å². The lowest BCUT2D eigenvalue weighted by molar-refractivity contribution is -0.134. The summed E-state index contributed by atoms with van der Waals surface area (Å²) in [4.78, 5) is 14.4. The first-order valence-electron chi connectivity index (χ1n) is 8.10. The van der Waals surface area contributed by atoms with Gasteiger partial charge in [0.15, 0.2) is 0 Å². The topological polar surface area (TPSA) is 49.8 Å². The van der Waals surface area contributed by atoms with E-state index >= 15 is 0 Å². The first kappa shape index (κ1) is 16.8. The Balaban J connectivity index is 2.06. The number of nitrogens with zero attached hydrogens (tertiary/aromatic N) is 1. The van der Waals surface area contributed by atoms with Crippen molar-refractivity contribution in [3.05, 3.63) is 29.8 Å². The third kappa shape index (κ3) is 3.80. The number of methoxy groups -OCH3 is 1. The molecule has 1 N–H and O–H groups in total. The van der Waals surface area contributed by atoms with Crippen LogP contribution in [0, 0.1) is 0 Å². The summed E-state index contributed by atoms with van der Waals surface area (Å²) in [6.07, 6.45) is 4.43. The van der Waals surface area contributed by atoms with Crippen LogP contribution in [0.4, 0.5) is 0 Å². The molecule has 1 aliphatic rings. The Morgan fingerprint density at radius 2 is 1.91 bits per heavy atom. The van der Waals surface area contributed by atoms with Gasteiger partial charge in [0.25, 0.3) is 0 Å². The second-order valence-electron chi connectivity index (χ2n) is 6.36. The molecular formula is C18H27NO3. The van der Waals surface area contributed by atoms with E-state index in [1.54, 1.807) is 19.1 Å². The second kappa shape index (κ2) is 7.14. The van der Waals surface area contributed by atoms with Crippen molar-refractivity contribution in [3.63, 3.8) is 0 Å². The van der Waals surface area contributed by atoms with Gasteiger partial charge >= 0.3 is 0 Å². The molecule has 1 atom stereocenters. The summed E-state index contributed by atoms with van der Waals surface area (Å²) in [6.45, 7) is 2.45. The van der Waals surface area contributed by atoms with E-state index in [-0.39, 0.29) is 11.8 Å². The molecule has 4 heteroatoms. The van der Waals surface area contributed by atoms with Crippen molar-refractivity contribution in [2.24, 2.45) is 0 Å². The minimum absolute atomic E-state index is 0.0768. The Morgan fingerprint density at radius 1 is 1.32 bits per heavy atom. The van der Waals surface area contributed by atoms with Gasteiger partial charge < -0.3 is 14.7 Å². The molecule has 1 unspecified atom stereocenters. The van der Waals surface area contributed by atoms with E-state index in [2.05, 4.69) is 0 Å². The van der Waals surface area contributed by atoms with E-state index in [4.69, 9.17) is 4.74 Å². The van der Waals surface area contributed by atoms with Gasteiger partial charge in [-0.15, -0.1) is 0 Å². The molecule has 1 fully saturated rings. The molecule has 0 spiro atoms. The Hall–Kier alpha value is -1.55. The highest BCUT2D eigenvalue weighted by Crippen LogP contribution is 2.31. The Bertz CT molecular complexity index is 492. The zero-order chi connectivity index (χ0) is 16.2. The Morgan fingerprint density at radius 3 is 2.41 bits per heavy atom. The number of hydrogen-bond donors (Lipinski definition) is 1. The minimum atomic E-state index is -0.692. The Kier molecular flexibility index (Phi) is 5.46. The maximum atomic E-state index is 12.7. The van der Waals surface area contributed by atoms with Gasteiger partial charge in [0, 0.05) is 13.6 Å². The monoisotopic (exact) mass is 305 g/mol. The summed E-state index contributed by atoms with van der Waals surface area (Å²) in [7, 11) is 3.43. The van der Waals surface area contributed by atoms with Crippen LogP contribution in [0.3, 0.4) is 0 Å². The summed E-state index contributed by atoms with van der Waals surface area (Å²) >= 11 is 0. The largest absolute Gasteiger partial charge is 0.497 e. The second-order valence-corrected chi connectivity index (χ2v) is 6.36. The molecule has 1 aliphatic carbocycles. The van der Waals surface area contributed by atoms with Crippen LogP contribution in [0.2, 0.25) is 0 Å². The number of ether oxygens (including phenoxy) is 1. The number of benzene rings is 1. The van der Waals surface area contributed by atoms with Crippen molar-refractivity contribution < 1.29 is 14.6 Å². The SMILES string of the molecule is CCC(C(=O)N(C)CC1(O)CCCC1)c1ccc(OC)cc1. The molecule has 1 amide bonds. The molecule has 1 saturated carbocycles. The van der Waals surface area contributed by atoms with Crippen LogP contribution in [0.15, 0.2) is 24.3 Å². The van der Waals surface area contributed by atoms with E-state index < -0.39 is 5.60 Å². The number of carbonyl (C=O) groups is 1. The van der Waals surface area contributed by atoms with Crippen molar-refractivity contribution in [3.8, 4) is 5.75 Å². The summed E-state index contributed by atoms with van der Waals surface area (Å²) in [5.41, 5.74) is 0.307. The average molecular weight is 305 g/mol. The van der Waals surface area contributed by atoms with Gasteiger partial charge in [-0.3, -0.25) is 4.79 Å². The minimum Gasteiger partial charge on any atom is -0.497 e. The number of rotatable bonds is 6. The van der Waals surface area contributed by atoms with Crippen LogP contribution in [0.5, 0.6) is 5.75 Å². The van der Waals surface area contributed by atoms with Crippen LogP contribution in [-0.4, -0.2) is 42.2 Å². The van der Waals surface area contributed by atoms with Gasteiger partial charge in [0.05, 0.1) is 18.6 Å². The average Bonchev–Trinajstić information content (AvgIpc) is 2.94. The molecule has 0 aliphatic heterocycles. The van der Waals surface area contributed by atoms with Crippen LogP contribution >= 0.6 is 0 Å². The first-order valence-corrected chi connectivity index (χ1v) is 8.10. The first-order chi connectivity index (χ1) is 10.5. The molecule has 22 heavy (non-hydrogen) atoms. The Labute approximate surface area is 133 Å². The molecule has 0 aromatic heterocycles. The molecule has 1 aromatic carbocycles. The highest BCUT2D eigenvalue weighted by molar-refractivity contribution is 5.83. The predicted octanol–water partition coefficient (Wildman–Crippen LogP) is 2.95. The van der Waals surface area contributed by atoms with Crippen molar-refractivity contribution in [2.45, 2.75) is 50.5 Å². The molecule has 4 nitrogen and oxygen atoms in total. The summed E-state index contributed by atoms with van der Waals surface area (Å²) in [6, 6.07) is 7.66. The molecule has 0 heterocycles. The third-order valence-corrected chi connectivity index (χ3v) is 4.67. The zero-order valence-electron chi connectivity index (χ0n) is 13.8. The fraction of sp³-hybridized carbons (Fsp3) is 0.611. The van der Waals surface area contributed by atoms with Crippen molar-refractivity contribution in [2.75, 3.05) is 20.7 Å². The van der Waals surface area contributed by atoms with E-state index in [1.807, 2.05) is 31.2 Å². The lowest BCUT2D eigenvalue weighted by Gasteiger charge is -2.31. The van der Waals surface area contributed by atoms with Crippen molar-refractivity contribution in [1.29, 1.82) is 0 Å². The predicted molar refractivity (Wildman–Crippen MR) is 87.1 cm³/mol. The number of aliphatic hydroxyl groups is 1. The number of amides is 1. The molecule has 2 rings (SSSR count). The van der Waals surface area contributed by atoms with E-state index in [0.717, 1.165) is 43.4 Å². The molecule has 0 radical (unpaired) electrons. The molecule has 122 valence electrons. The summed E-state index contributed by atoms with van der Waals surface area (Å²) in [5.74, 6) is 0.702. The van der Waals surface area contributed by atoms with Gasteiger partial charge in [-0.2, -0.15) is 0 Å². The fourth-order valence-corrected chi connectivity index (χ4v) is 3.37. The van der Waals surface area contributed by atoms with Crippen LogP contribution in [0.25, 0.3) is 0 Å². The maximum Gasteiger partial charge on any atom is 0.229 e. The van der Waals surface area contributed by atoms with Crippen molar-refractivity contribution >= 4 is 5.91 Å². The highest BCUT2D eigenvalue weighted by atomic mass is 16.5. The van der Waals surface area contributed by atoms with Crippen LogP contribution in [-0.2, 0) is 4.79 Å². The normalized spacial score (nSPS) is 18.0. The number of carbonyl (C=O) groups excluding carboxylic acids is 1. The standard InChI is InChI=1S/C18H27NO3/c1-4-16(14-7-9-15(22-3)10-8-14)17(20)19(2)13-18(21)11-5-6-12-18/h7-10,16,21H,4-6,11-13H2,1-3H3. The van der Waals surface area contributed by atoms with E-state index in [1.165, 1.54) is 0 Å². The molecule has 1 aromatic rings. The van der Waals surface area contributed by atoms with Crippen LogP contribution < -0.4 is 4.74 Å². The van der Waals surface area contributed by atoms with Crippen LogP contribution in [0.1, 0.15) is 50.5 Å². The molecular weight excluding hydrogens is 278 g/mol. The van der Waals surface area contributed by atoms with E-state index in [9.17, 15) is 9.90 Å². The maximum absolute atomic E-state index is 12.7. The summed E-state index contributed by atoms with van der Waals surface area (Å²) in [5, 5.41) is 10.5. The molecule has 0 bridgehead atoms. The smallest absolute Gasteiger partial charge is 0.229 e. The van der Waals surface area contributed by atoms with E-state index in [0.29, 0.717) is 6.54 Å². The summed E-state index contributed by atoms with van der Waals surface area (Å²) < 4.78 is 5.16. The number of hydrogen-bond acceptors (Lipinski definition) is 3. The quantitative estimate of drug-likeness (QED) is 0.879. The van der Waals surface area contributed by atoms with Gasteiger partial charge in [-0.1, -0.05) is 31.9 Å². The highest BCUT2D eigenvalue weighted by Gasteiger charge is 2.34. The van der Waals surface area contributed by atoms with Gasteiger partial charge in [0.2, 0.25) is 5.91 Å². The third-order valence-electron chi connectivity index (χ3n) is 4.67. The molecule has 0 saturated heterocycles.